The molecule has 1 heterocycles. The van der Waals surface area contributed by atoms with Crippen LogP contribution in [0.15, 0.2) is 0 Å². The van der Waals surface area contributed by atoms with Gasteiger partial charge < -0.3 is 0 Å². The van der Waals surface area contributed by atoms with Crippen LogP contribution in [0, 0.1) is 6.92 Å². The van der Waals surface area contributed by atoms with Gasteiger partial charge in [0.1, 0.15) is 5.69 Å². The molecule has 0 aliphatic rings. The first kappa shape index (κ1) is 8.43. The fourth-order valence-corrected chi connectivity index (χ4v) is 0.914. The maximum Gasteiger partial charge on any atom is 0.171 e. The van der Waals surface area contributed by atoms with Gasteiger partial charge in [-0.05, 0) is 6.92 Å². The quantitative estimate of drug-likeness (QED) is 0.636. The molecule has 0 aliphatic heterocycles. The minimum absolute atomic E-state index is 0.0376. The largest absolute Gasteiger partial charge is 0.296 e. The summed E-state index contributed by atoms with van der Waals surface area (Å²) in [6.07, 6.45) is 0.540. The van der Waals surface area contributed by atoms with Crippen molar-refractivity contribution in [1.82, 2.24) is 9.97 Å². The number of hydrogen-bond acceptors (Lipinski definition) is 3. The van der Waals surface area contributed by atoms with Crippen molar-refractivity contribution in [2.24, 2.45) is 0 Å². The molecule has 0 saturated carbocycles. The lowest BCUT2D eigenvalue weighted by atomic mass is 10.4. The molecule has 11 heavy (non-hydrogen) atoms. The monoisotopic (exact) mass is 190 g/mol. The maximum atomic E-state index is 10.3. The van der Waals surface area contributed by atoms with Gasteiger partial charge in [-0.1, -0.05) is 23.2 Å². The highest BCUT2D eigenvalue weighted by atomic mass is 35.5. The van der Waals surface area contributed by atoms with Crippen LogP contribution in [0.25, 0.3) is 0 Å². The number of aromatic nitrogens is 2. The molecule has 0 aliphatic carbocycles. The number of aryl methyl sites for hydroxylation is 1. The van der Waals surface area contributed by atoms with E-state index in [0.29, 0.717) is 12.0 Å². The molecule has 0 N–H and O–H groups in total. The van der Waals surface area contributed by atoms with E-state index in [0.717, 1.165) is 0 Å². The smallest absolute Gasteiger partial charge is 0.171 e. The standard InChI is InChI=1S/C6H4Cl2N2O/c1-3-5(7)10-6(8)4(2-11)9-3/h2H,1H3. The Labute approximate surface area is 73.4 Å². The molecule has 0 unspecified atom stereocenters. The molecule has 1 aromatic heterocycles. The van der Waals surface area contributed by atoms with Crippen LogP contribution in [-0.4, -0.2) is 16.3 Å². The zero-order chi connectivity index (χ0) is 8.43. The molecule has 1 rings (SSSR count). The fraction of sp³-hybridized carbons (Fsp3) is 0.167. The topological polar surface area (TPSA) is 42.9 Å². The summed E-state index contributed by atoms with van der Waals surface area (Å²) in [5, 5.41) is 0.260. The van der Waals surface area contributed by atoms with E-state index in [2.05, 4.69) is 9.97 Å². The number of carbonyl (C=O) groups is 1. The van der Waals surface area contributed by atoms with Crippen molar-refractivity contribution in [3.63, 3.8) is 0 Å². The van der Waals surface area contributed by atoms with Crippen LogP contribution in [0.4, 0.5) is 0 Å². The molecule has 0 bridgehead atoms. The minimum Gasteiger partial charge on any atom is -0.296 e. The van der Waals surface area contributed by atoms with E-state index in [4.69, 9.17) is 23.2 Å². The number of carbonyl (C=O) groups excluding carboxylic acids is 1. The summed E-state index contributed by atoms with van der Waals surface area (Å²) in [4.78, 5) is 17.7. The predicted octanol–water partition coefficient (Wildman–Crippen LogP) is 1.90. The Bertz CT molecular complexity index is 301. The van der Waals surface area contributed by atoms with Crippen molar-refractivity contribution < 1.29 is 4.79 Å². The van der Waals surface area contributed by atoms with Gasteiger partial charge in [0.05, 0.1) is 5.69 Å². The molecule has 5 heteroatoms. The van der Waals surface area contributed by atoms with Crippen molar-refractivity contribution in [3.05, 3.63) is 21.7 Å². The van der Waals surface area contributed by atoms with Gasteiger partial charge in [0.25, 0.3) is 0 Å². The second-order valence-corrected chi connectivity index (χ2v) is 2.61. The molecule has 0 spiro atoms. The van der Waals surface area contributed by atoms with Gasteiger partial charge in [0.2, 0.25) is 0 Å². The van der Waals surface area contributed by atoms with Gasteiger partial charge >= 0.3 is 0 Å². The molecule has 3 nitrogen and oxygen atoms in total. The van der Waals surface area contributed by atoms with E-state index in [1.807, 2.05) is 0 Å². The van der Waals surface area contributed by atoms with E-state index in [1.54, 1.807) is 6.92 Å². The summed E-state index contributed by atoms with van der Waals surface area (Å²) in [6.45, 7) is 1.65. The highest BCUT2D eigenvalue weighted by Gasteiger charge is 2.05. The summed E-state index contributed by atoms with van der Waals surface area (Å²) in [5.41, 5.74) is 0.617. The lowest BCUT2D eigenvalue weighted by Crippen LogP contribution is -1.95. The number of nitrogens with zero attached hydrogens (tertiary/aromatic N) is 2. The van der Waals surface area contributed by atoms with E-state index in [1.165, 1.54) is 0 Å². The summed E-state index contributed by atoms with van der Waals surface area (Å²) < 4.78 is 0. The minimum atomic E-state index is 0.0376. The van der Waals surface area contributed by atoms with Crippen LogP contribution in [0.1, 0.15) is 16.2 Å². The number of hydrogen-bond donors (Lipinski definition) is 0. The lowest BCUT2D eigenvalue weighted by molar-refractivity contribution is 0.111. The van der Waals surface area contributed by atoms with Crippen LogP contribution < -0.4 is 0 Å². The Hall–Kier alpha value is -0.670. The SMILES string of the molecule is Cc1nc(C=O)c(Cl)nc1Cl. The highest BCUT2D eigenvalue weighted by molar-refractivity contribution is 6.33. The average molecular weight is 191 g/mol. The van der Waals surface area contributed by atoms with Crippen molar-refractivity contribution in [1.29, 1.82) is 0 Å². The second kappa shape index (κ2) is 3.15. The average Bonchev–Trinajstić information content (AvgIpc) is 1.97. The Morgan fingerprint density at radius 3 is 2.45 bits per heavy atom. The third-order valence-electron chi connectivity index (χ3n) is 1.11. The zero-order valence-corrected chi connectivity index (χ0v) is 7.15. The maximum absolute atomic E-state index is 10.3. The van der Waals surface area contributed by atoms with Gasteiger partial charge in [0.15, 0.2) is 16.6 Å². The third kappa shape index (κ3) is 1.67. The molecule has 0 atom stereocenters. The van der Waals surface area contributed by atoms with Crippen LogP contribution in [0.5, 0.6) is 0 Å². The molecule has 0 radical (unpaired) electrons. The molecule has 58 valence electrons. The molecular weight excluding hydrogens is 187 g/mol. The van der Waals surface area contributed by atoms with Crippen molar-refractivity contribution >= 4 is 29.5 Å². The van der Waals surface area contributed by atoms with E-state index in [-0.39, 0.29) is 16.0 Å². The molecule has 0 aromatic carbocycles. The van der Waals surface area contributed by atoms with Gasteiger partial charge in [-0.15, -0.1) is 0 Å². The van der Waals surface area contributed by atoms with Crippen LogP contribution in [0.3, 0.4) is 0 Å². The Kier molecular flexibility index (Phi) is 2.42. The van der Waals surface area contributed by atoms with Crippen molar-refractivity contribution in [2.75, 3.05) is 0 Å². The fourth-order valence-electron chi connectivity index (χ4n) is 0.572. The molecule has 1 aromatic rings. The molecule has 0 saturated heterocycles. The molecule has 0 fully saturated rings. The van der Waals surface area contributed by atoms with Gasteiger partial charge in [-0.3, -0.25) is 4.79 Å². The van der Waals surface area contributed by atoms with Gasteiger partial charge in [0, 0.05) is 0 Å². The van der Waals surface area contributed by atoms with Crippen LogP contribution >= 0.6 is 23.2 Å². The first-order valence-electron chi connectivity index (χ1n) is 2.80. The number of rotatable bonds is 1. The van der Waals surface area contributed by atoms with Gasteiger partial charge in [-0.2, -0.15) is 0 Å². The van der Waals surface area contributed by atoms with Crippen molar-refractivity contribution in [2.45, 2.75) is 6.92 Å². The molecular formula is C6H4Cl2N2O. The summed E-state index contributed by atoms with van der Waals surface area (Å²) in [5.74, 6) is 0. The second-order valence-electron chi connectivity index (χ2n) is 1.89. The third-order valence-corrected chi connectivity index (χ3v) is 1.74. The summed E-state index contributed by atoms with van der Waals surface area (Å²) in [6, 6.07) is 0. The van der Waals surface area contributed by atoms with E-state index < -0.39 is 0 Å². The Morgan fingerprint density at radius 2 is 1.91 bits per heavy atom. The first-order chi connectivity index (χ1) is 5.15. The van der Waals surface area contributed by atoms with E-state index >= 15 is 0 Å². The number of aldehydes is 1. The number of halogens is 2. The Balaban J connectivity index is 3.31. The normalized spacial score (nSPS) is 9.73. The lowest BCUT2D eigenvalue weighted by Gasteiger charge is -1.97. The van der Waals surface area contributed by atoms with Crippen molar-refractivity contribution in [3.8, 4) is 0 Å². The highest BCUT2D eigenvalue weighted by Crippen LogP contribution is 2.15. The van der Waals surface area contributed by atoms with Gasteiger partial charge in [-0.25, -0.2) is 9.97 Å². The van der Waals surface area contributed by atoms with Crippen LogP contribution in [-0.2, 0) is 0 Å². The first-order valence-corrected chi connectivity index (χ1v) is 3.55. The molecule has 0 amide bonds. The van der Waals surface area contributed by atoms with E-state index in [9.17, 15) is 4.79 Å². The predicted molar refractivity (Wildman–Crippen MR) is 42.2 cm³/mol. The Morgan fingerprint density at radius 1 is 1.27 bits per heavy atom. The zero-order valence-electron chi connectivity index (χ0n) is 5.64. The van der Waals surface area contributed by atoms with Crippen LogP contribution in [0.2, 0.25) is 10.3 Å². The summed E-state index contributed by atoms with van der Waals surface area (Å²) in [7, 11) is 0. The summed E-state index contributed by atoms with van der Waals surface area (Å²) >= 11 is 11.1.